The highest BCUT2D eigenvalue weighted by Gasteiger charge is 2.33. The van der Waals surface area contributed by atoms with E-state index < -0.39 is 10.0 Å². The summed E-state index contributed by atoms with van der Waals surface area (Å²) in [6.07, 6.45) is 3.32. The van der Waals surface area contributed by atoms with Crippen LogP contribution in [0, 0.1) is 13.8 Å². The number of sulfonamides is 1. The maximum Gasteiger partial charge on any atom is 0.246 e. The molecule has 0 atom stereocenters. The summed E-state index contributed by atoms with van der Waals surface area (Å²) in [4.78, 5) is 14.5. The lowest BCUT2D eigenvalue weighted by Gasteiger charge is -2.33. The first-order valence-electron chi connectivity index (χ1n) is 11.0. The molecule has 0 radical (unpaired) electrons. The zero-order valence-corrected chi connectivity index (χ0v) is 19.7. The number of nitrogens with zero attached hydrogens (tertiary/aromatic N) is 4. The zero-order chi connectivity index (χ0) is 23.4. The first-order valence-corrected chi connectivity index (χ1v) is 12.4. The standard InChI is InChI=1S/C25H28N4O3S/c1-20-25(21(2)29(26-20)19-23-11-7-4-8-12-23)33(31,32)28-17-15-27(16-18-28)24(30)14-13-22-9-5-3-6-10-22/h3-14H,15-19H2,1-2H3/b14-13+. The summed E-state index contributed by atoms with van der Waals surface area (Å²) in [5, 5.41) is 4.50. The number of benzene rings is 2. The van der Waals surface area contributed by atoms with Gasteiger partial charge in [-0.25, -0.2) is 8.42 Å². The van der Waals surface area contributed by atoms with Crippen LogP contribution in [0.3, 0.4) is 0 Å². The van der Waals surface area contributed by atoms with Gasteiger partial charge in [0.2, 0.25) is 15.9 Å². The highest BCUT2D eigenvalue weighted by molar-refractivity contribution is 7.89. The quantitative estimate of drug-likeness (QED) is 0.526. The van der Waals surface area contributed by atoms with Crippen molar-refractivity contribution in [3.63, 3.8) is 0 Å². The molecule has 3 aromatic rings. The van der Waals surface area contributed by atoms with E-state index in [0.717, 1.165) is 11.1 Å². The number of hydrogen-bond acceptors (Lipinski definition) is 4. The minimum Gasteiger partial charge on any atom is -0.337 e. The molecule has 0 bridgehead atoms. The third kappa shape index (κ3) is 5.07. The van der Waals surface area contributed by atoms with Crippen molar-refractivity contribution in [2.45, 2.75) is 25.3 Å². The normalized spacial score (nSPS) is 15.3. The van der Waals surface area contributed by atoms with Gasteiger partial charge in [-0.3, -0.25) is 9.48 Å². The largest absolute Gasteiger partial charge is 0.337 e. The summed E-state index contributed by atoms with van der Waals surface area (Å²) < 4.78 is 30.1. The Balaban J connectivity index is 1.44. The molecule has 172 valence electrons. The molecule has 0 unspecified atom stereocenters. The average molecular weight is 465 g/mol. The summed E-state index contributed by atoms with van der Waals surface area (Å²) >= 11 is 0. The molecule has 7 nitrogen and oxygen atoms in total. The van der Waals surface area contributed by atoms with Crippen molar-refractivity contribution in [3.8, 4) is 0 Å². The van der Waals surface area contributed by atoms with Crippen LogP contribution >= 0.6 is 0 Å². The molecule has 33 heavy (non-hydrogen) atoms. The minimum atomic E-state index is -3.71. The van der Waals surface area contributed by atoms with Gasteiger partial charge in [0.1, 0.15) is 4.90 Å². The van der Waals surface area contributed by atoms with Crippen molar-refractivity contribution < 1.29 is 13.2 Å². The molecule has 8 heteroatoms. The number of piperazine rings is 1. The van der Waals surface area contributed by atoms with Gasteiger partial charge in [-0.05, 0) is 31.1 Å². The van der Waals surface area contributed by atoms with E-state index in [2.05, 4.69) is 5.10 Å². The Morgan fingerprint density at radius 1 is 0.939 bits per heavy atom. The Morgan fingerprint density at radius 2 is 1.55 bits per heavy atom. The van der Waals surface area contributed by atoms with Gasteiger partial charge in [-0.15, -0.1) is 0 Å². The molecular weight excluding hydrogens is 436 g/mol. The second kappa shape index (κ2) is 9.72. The number of aryl methyl sites for hydroxylation is 1. The maximum atomic E-state index is 13.4. The Bertz CT molecular complexity index is 1240. The fourth-order valence-corrected chi connectivity index (χ4v) is 5.87. The second-order valence-electron chi connectivity index (χ2n) is 8.12. The van der Waals surface area contributed by atoms with Crippen LogP contribution in [0.5, 0.6) is 0 Å². The predicted octanol–water partition coefficient (Wildman–Crippen LogP) is 3.09. The van der Waals surface area contributed by atoms with Crippen LogP contribution in [0.2, 0.25) is 0 Å². The maximum absolute atomic E-state index is 13.4. The molecule has 1 aromatic heterocycles. The predicted molar refractivity (Wildman–Crippen MR) is 128 cm³/mol. The van der Waals surface area contributed by atoms with E-state index in [0.29, 0.717) is 31.0 Å². The second-order valence-corrected chi connectivity index (χ2v) is 9.99. The van der Waals surface area contributed by atoms with Gasteiger partial charge in [0, 0.05) is 32.3 Å². The lowest BCUT2D eigenvalue weighted by molar-refractivity contribution is -0.127. The number of aromatic nitrogens is 2. The Labute approximate surface area is 195 Å². The van der Waals surface area contributed by atoms with Crippen molar-refractivity contribution in [2.24, 2.45) is 0 Å². The highest BCUT2D eigenvalue weighted by atomic mass is 32.2. The van der Waals surface area contributed by atoms with Gasteiger partial charge < -0.3 is 4.90 Å². The van der Waals surface area contributed by atoms with E-state index in [1.807, 2.05) is 60.7 Å². The van der Waals surface area contributed by atoms with Crippen LogP contribution < -0.4 is 0 Å². The summed E-state index contributed by atoms with van der Waals surface area (Å²) in [6, 6.07) is 19.5. The number of rotatable bonds is 6. The van der Waals surface area contributed by atoms with Gasteiger partial charge in [-0.1, -0.05) is 60.7 Å². The first kappa shape index (κ1) is 22.9. The van der Waals surface area contributed by atoms with Gasteiger partial charge in [0.25, 0.3) is 0 Å². The Morgan fingerprint density at radius 3 is 2.18 bits per heavy atom. The van der Waals surface area contributed by atoms with Crippen molar-refractivity contribution in [1.29, 1.82) is 0 Å². The van der Waals surface area contributed by atoms with Crippen molar-refractivity contribution in [3.05, 3.63) is 89.3 Å². The summed E-state index contributed by atoms with van der Waals surface area (Å²) in [6.45, 7) is 5.27. The number of amides is 1. The Kier molecular flexibility index (Phi) is 6.76. The van der Waals surface area contributed by atoms with Crippen molar-refractivity contribution in [2.75, 3.05) is 26.2 Å². The number of hydrogen-bond donors (Lipinski definition) is 0. The molecule has 2 heterocycles. The molecule has 1 amide bonds. The molecule has 0 saturated carbocycles. The van der Waals surface area contributed by atoms with E-state index in [9.17, 15) is 13.2 Å². The third-order valence-electron chi connectivity index (χ3n) is 5.86. The topological polar surface area (TPSA) is 75.5 Å². The van der Waals surface area contributed by atoms with Gasteiger partial charge in [0.05, 0.1) is 17.9 Å². The molecule has 1 aliphatic heterocycles. The van der Waals surface area contributed by atoms with Gasteiger partial charge >= 0.3 is 0 Å². The number of carbonyl (C=O) groups is 1. The van der Waals surface area contributed by atoms with Crippen LogP contribution in [0.1, 0.15) is 22.5 Å². The van der Waals surface area contributed by atoms with Crippen molar-refractivity contribution in [1.82, 2.24) is 19.0 Å². The molecule has 0 N–H and O–H groups in total. The van der Waals surface area contributed by atoms with E-state index in [4.69, 9.17) is 0 Å². The summed E-state index contributed by atoms with van der Waals surface area (Å²) in [5.41, 5.74) is 3.13. The average Bonchev–Trinajstić information content (AvgIpc) is 3.12. The molecule has 1 fully saturated rings. The van der Waals surface area contributed by atoms with E-state index in [1.165, 1.54) is 4.31 Å². The molecule has 1 aliphatic rings. The fraction of sp³-hybridized carbons (Fsp3) is 0.280. The van der Waals surface area contributed by atoms with E-state index >= 15 is 0 Å². The smallest absolute Gasteiger partial charge is 0.246 e. The molecule has 2 aromatic carbocycles. The van der Waals surface area contributed by atoms with Crippen LogP contribution in [-0.2, 0) is 21.4 Å². The van der Waals surface area contributed by atoms with Gasteiger partial charge in [0.15, 0.2) is 0 Å². The summed E-state index contributed by atoms with van der Waals surface area (Å²) in [7, 11) is -3.71. The summed E-state index contributed by atoms with van der Waals surface area (Å²) in [5.74, 6) is -0.112. The van der Waals surface area contributed by atoms with Gasteiger partial charge in [-0.2, -0.15) is 9.40 Å². The lowest BCUT2D eigenvalue weighted by atomic mass is 10.2. The highest BCUT2D eigenvalue weighted by Crippen LogP contribution is 2.25. The molecule has 0 spiro atoms. The Hall–Kier alpha value is -3.23. The molecule has 4 rings (SSSR count). The van der Waals surface area contributed by atoms with E-state index in [-0.39, 0.29) is 23.9 Å². The monoisotopic (exact) mass is 464 g/mol. The van der Waals surface area contributed by atoms with Crippen LogP contribution in [0.25, 0.3) is 6.08 Å². The van der Waals surface area contributed by atoms with E-state index in [1.54, 1.807) is 35.6 Å². The zero-order valence-electron chi connectivity index (χ0n) is 18.9. The minimum absolute atomic E-state index is 0.112. The lowest BCUT2D eigenvalue weighted by Crippen LogP contribution is -2.50. The molecule has 0 aliphatic carbocycles. The van der Waals surface area contributed by atoms with Crippen LogP contribution in [0.4, 0.5) is 0 Å². The molecule has 1 saturated heterocycles. The van der Waals surface area contributed by atoms with Crippen molar-refractivity contribution >= 4 is 22.0 Å². The first-order chi connectivity index (χ1) is 15.9. The van der Waals surface area contributed by atoms with Crippen LogP contribution in [-0.4, -0.2) is 59.5 Å². The SMILES string of the molecule is Cc1nn(Cc2ccccc2)c(C)c1S(=O)(=O)N1CCN(C(=O)/C=C/c2ccccc2)CC1. The number of carbonyl (C=O) groups excluding carboxylic acids is 1. The molecular formula is C25H28N4O3S. The van der Waals surface area contributed by atoms with Crippen LogP contribution in [0.15, 0.2) is 71.6 Å². The third-order valence-corrected chi connectivity index (χ3v) is 8.01. The fourth-order valence-electron chi connectivity index (χ4n) is 4.08.